The second-order valence-corrected chi connectivity index (χ2v) is 8.51. The molecule has 0 heterocycles. The Hall–Kier alpha value is -2.36. The van der Waals surface area contributed by atoms with Crippen LogP contribution < -0.4 is 0 Å². The standard InChI is InChI=1S/C19H16ClNO4S/c1-2-25-18(22)19(12-21)16(13-8-10-14(20)11-9-13)17(19)26(23,24)15-6-4-3-5-7-15/h3-11,16-17H,2H2,1H3/t16-,17-,19-/m0/s1. The molecule has 0 aliphatic heterocycles. The lowest BCUT2D eigenvalue weighted by atomic mass is 10.0. The molecule has 7 heteroatoms. The Morgan fingerprint density at radius 3 is 2.35 bits per heavy atom. The number of carbonyl (C=O) groups excluding carboxylic acids is 1. The van der Waals surface area contributed by atoms with Crippen molar-refractivity contribution < 1.29 is 17.9 Å². The van der Waals surface area contributed by atoms with Gasteiger partial charge in [0.2, 0.25) is 0 Å². The predicted molar refractivity (Wildman–Crippen MR) is 96.3 cm³/mol. The lowest BCUT2D eigenvalue weighted by Crippen LogP contribution is -2.25. The van der Waals surface area contributed by atoms with Crippen LogP contribution in [-0.4, -0.2) is 26.2 Å². The number of hydrogen-bond acceptors (Lipinski definition) is 5. The van der Waals surface area contributed by atoms with Gasteiger partial charge in [0.05, 0.1) is 17.6 Å². The summed E-state index contributed by atoms with van der Waals surface area (Å²) in [4.78, 5) is 12.6. The smallest absolute Gasteiger partial charge is 0.328 e. The maximum absolute atomic E-state index is 13.1. The summed E-state index contributed by atoms with van der Waals surface area (Å²) in [6.07, 6.45) is 0. The SMILES string of the molecule is CCOC(=O)[C@@]1(C#N)[C@@H](c2ccc(Cl)cc2)[C@@H]1S(=O)(=O)c1ccccc1. The van der Waals surface area contributed by atoms with E-state index < -0.39 is 32.4 Å². The van der Waals surface area contributed by atoms with Crippen LogP contribution in [0.4, 0.5) is 0 Å². The molecule has 0 radical (unpaired) electrons. The van der Waals surface area contributed by atoms with Gasteiger partial charge in [-0.1, -0.05) is 41.9 Å². The van der Waals surface area contributed by atoms with E-state index in [1.54, 1.807) is 49.4 Å². The van der Waals surface area contributed by atoms with Crippen molar-refractivity contribution in [2.75, 3.05) is 6.61 Å². The van der Waals surface area contributed by atoms with Gasteiger partial charge in [-0.05, 0) is 36.8 Å². The molecule has 1 aliphatic carbocycles. The zero-order chi connectivity index (χ0) is 18.9. The molecule has 0 N–H and O–H groups in total. The Morgan fingerprint density at radius 1 is 1.19 bits per heavy atom. The van der Waals surface area contributed by atoms with Crippen molar-refractivity contribution in [2.24, 2.45) is 5.41 Å². The molecule has 0 aromatic heterocycles. The number of ether oxygens (including phenoxy) is 1. The number of carbonyl (C=O) groups is 1. The molecular weight excluding hydrogens is 374 g/mol. The van der Waals surface area contributed by atoms with Crippen molar-refractivity contribution in [1.82, 2.24) is 0 Å². The number of rotatable bonds is 5. The van der Waals surface area contributed by atoms with Crippen molar-refractivity contribution in [1.29, 1.82) is 5.26 Å². The van der Waals surface area contributed by atoms with Crippen LogP contribution in [0.2, 0.25) is 5.02 Å². The van der Waals surface area contributed by atoms with E-state index in [0.717, 1.165) is 0 Å². The van der Waals surface area contributed by atoms with Crippen molar-refractivity contribution in [3.05, 3.63) is 65.2 Å². The van der Waals surface area contributed by atoms with Gasteiger partial charge in [0.25, 0.3) is 0 Å². The normalized spacial score (nSPS) is 24.5. The van der Waals surface area contributed by atoms with Gasteiger partial charge >= 0.3 is 5.97 Å². The first-order valence-corrected chi connectivity index (χ1v) is 9.95. The van der Waals surface area contributed by atoms with Crippen LogP contribution in [0.3, 0.4) is 0 Å². The van der Waals surface area contributed by atoms with Crippen LogP contribution in [0, 0.1) is 16.7 Å². The van der Waals surface area contributed by atoms with Crippen molar-refractivity contribution >= 4 is 27.4 Å². The van der Waals surface area contributed by atoms with Crippen LogP contribution in [0.15, 0.2) is 59.5 Å². The van der Waals surface area contributed by atoms with E-state index in [9.17, 15) is 18.5 Å². The Labute approximate surface area is 157 Å². The molecule has 134 valence electrons. The number of benzene rings is 2. The maximum Gasteiger partial charge on any atom is 0.328 e. The Bertz CT molecular complexity index is 967. The quantitative estimate of drug-likeness (QED) is 0.732. The summed E-state index contributed by atoms with van der Waals surface area (Å²) in [6.45, 7) is 1.68. The highest BCUT2D eigenvalue weighted by Gasteiger charge is 2.77. The third-order valence-corrected chi connectivity index (χ3v) is 7.06. The highest BCUT2D eigenvalue weighted by atomic mass is 35.5. The van der Waals surface area contributed by atoms with E-state index in [1.807, 2.05) is 6.07 Å². The molecule has 3 atom stereocenters. The number of nitriles is 1. The number of halogens is 1. The molecule has 1 aliphatic rings. The van der Waals surface area contributed by atoms with Crippen LogP contribution in [0.5, 0.6) is 0 Å². The van der Waals surface area contributed by atoms with Crippen LogP contribution >= 0.6 is 11.6 Å². The summed E-state index contributed by atoms with van der Waals surface area (Å²) < 4.78 is 31.3. The molecule has 2 aromatic rings. The molecular formula is C19H16ClNO4S. The fourth-order valence-electron chi connectivity index (χ4n) is 3.32. The second-order valence-electron chi connectivity index (χ2n) is 6.01. The average Bonchev–Trinajstić information content (AvgIpc) is 3.35. The van der Waals surface area contributed by atoms with Crippen molar-refractivity contribution in [2.45, 2.75) is 23.0 Å². The number of hydrogen-bond donors (Lipinski definition) is 0. The molecule has 1 saturated carbocycles. The Morgan fingerprint density at radius 2 is 1.81 bits per heavy atom. The van der Waals surface area contributed by atoms with Gasteiger partial charge in [0.1, 0.15) is 5.25 Å². The van der Waals surface area contributed by atoms with E-state index in [-0.39, 0.29) is 11.5 Å². The molecule has 1 fully saturated rings. The molecule has 3 rings (SSSR count). The molecule has 5 nitrogen and oxygen atoms in total. The maximum atomic E-state index is 13.1. The summed E-state index contributed by atoms with van der Waals surface area (Å²) >= 11 is 5.90. The molecule has 26 heavy (non-hydrogen) atoms. The van der Waals surface area contributed by atoms with E-state index >= 15 is 0 Å². The first-order valence-electron chi connectivity index (χ1n) is 8.02. The zero-order valence-electron chi connectivity index (χ0n) is 13.9. The fourth-order valence-corrected chi connectivity index (χ4v) is 5.71. The zero-order valence-corrected chi connectivity index (χ0v) is 15.5. The average molecular weight is 390 g/mol. The highest BCUT2D eigenvalue weighted by molar-refractivity contribution is 7.92. The minimum Gasteiger partial charge on any atom is -0.465 e. The van der Waals surface area contributed by atoms with E-state index in [2.05, 4.69) is 0 Å². The molecule has 0 bridgehead atoms. The molecule has 0 unspecified atom stereocenters. The predicted octanol–water partition coefficient (Wildman–Crippen LogP) is 3.35. The summed E-state index contributed by atoms with van der Waals surface area (Å²) in [7, 11) is -3.91. The van der Waals surface area contributed by atoms with Gasteiger partial charge < -0.3 is 4.74 Å². The minimum absolute atomic E-state index is 0.0632. The Balaban J connectivity index is 2.13. The Kier molecular flexibility index (Phi) is 4.78. The third kappa shape index (κ3) is 2.77. The van der Waals surface area contributed by atoms with Crippen LogP contribution in [0.25, 0.3) is 0 Å². The summed E-state index contributed by atoms with van der Waals surface area (Å²) in [5.41, 5.74) is -1.20. The summed E-state index contributed by atoms with van der Waals surface area (Å²) in [5, 5.41) is 9.06. The van der Waals surface area contributed by atoms with Gasteiger partial charge in [-0.2, -0.15) is 5.26 Å². The molecule has 0 amide bonds. The summed E-state index contributed by atoms with van der Waals surface area (Å²) in [5.74, 6) is -1.62. The van der Waals surface area contributed by atoms with E-state index in [1.165, 1.54) is 12.1 Å². The lowest BCUT2D eigenvalue weighted by Gasteiger charge is -2.09. The van der Waals surface area contributed by atoms with Gasteiger partial charge in [0.15, 0.2) is 15.3 Å². The second kappa shape index (κ2) is 6.75. The van der Waals surface area contributed by atoms with Gasteiger partial charge in [-0.3, -0.25) is 4.79 Å². The number of nitrogens with zero attached hydrogens (tertiary/aromatic N) is 1. The van der Waals surface area contributed by atoms with Crippen molar-refractivity contribution in [3.63, 3.8) is 0 Å². The van der Waals surface area contributed by atoms with E-state index in [4.69, 9.17) is 16.3 Å². The topological polar surface area (TPSA) is 84.2 Å². The fraction of sp³-hybridized carbons (Fsp3) is 0.263. The van der Waals surface area contributed by atoms with Gasteiger partial charge in [-0.15, -0.1) is 0 Å². The molecule has 2 aromatic carbocycles. The van der Waals surface area contributed by atoms with E-state index in [0.29, 0.717) is 10.6 Å². The van der Waals surface area contributed by atoms with Crippen LogP contribution in [0.1, 0.15) is 18.4 Å². The summed E-state index contributed by atoms with van der Waals surface area (Å²) in [6, 6.07) is 16.2. The first kappa shape index (κ1) is 18.4. The number of esters is 1. The number of sulfone groups is 1. The van der Waals surface area contributed by atoms with Crippen LogP contribution in [-0.2, 0) is 19.4 Å². The van der Waals surface area contributed by atoms with Crippen molar-refractivity contribution in [3.8, 4) is 6.07 Å². The van der Waals surface area contributed by atoms with Gasteiger partial charge in [0, 0.05) is 10.9 Å². The lowest BCUT2D eigenvalue weighted by molar-refractivity contribution is -0.147. The highest BCUT2D eigenvalue weighted by Crippen LogP contribution is 2.64. The molecule has 0 spiro atoms. The minimum atomic E-state index is -3.91. The van der Waals surface area contributed by atoms with Gasteiger partial charge in [-0.25, -0.2) is 8.42 Å². The first-order chi connectivity index (χ1) is 12.4. The largest absolute Gasteiger partial charge is 0.465 e. The third-order valence-electron chi connectivity index (χ3n) is 4.57. The molecule has 0 saturated heterocycles. The monoisotopic (exact) mass is 389 g/mol.